The highest BCUT2D eigenvalue weighted by atomic mass is 16.2. The number of carbonyl (C=O) groups is 1. The van der Waals surface area contributed by atoms with Gasteiger partial charge in [0.05, 0.1) is 6.04 Å². The topological polar surface area (TPSA) is 37.3 Å². The fourth-order valence-electron chi connectivity index (χ4n) is 4.02. The second kappa shape index (κ2) is 7.43. The number of anilines is 1. The Morgan fingerprint density at radius 3 is 2.38 bits per heavy atom. The Bertz CT molecular complexity index is 1010. The minimum atomic E-state index is -0.100. The maximum atomic E-state index is 13.3. The minimum absolute atomic E-state index is 0.0587. The maximum absolute atomic E-state index is 13.3. The molecule has 0 saturated carbocycles. The van der Waals surface area contributed by atoms with E-state index < -0.39 is 0 Å². The first-order valence-corrected chi connectivity index (χ1v) is 10.2. The van der Waals surface area contributed by atoms with Crippen molar-refractivity contribution in [1.29, 1.82) is 0 Å². The average Bonchev–Trinajstić information content (AvgIpc) is 3.17. The molecule has 150 valence electrons. The van der Waals surface area contributed by atoms with Gasteiger partial charge in [0, 0.05) is 30.7 Å². The molecular weight excluding hydrogens is 358 g/mol. The van der Waals surface area contributed by atoms with Crippen molar-refractivity contribution in [3.8, 4) is 0 Å². The summed E-state index contributed by atoms with van der Waals surface area (Å²) in [6.45, 7) is 10.1. The van der Waals surface area contributed by atoms with Crippen molar-refractivity contribution >= 4 is 11.7 Å². The van der Waals surface area contributed by atoms with E-state index in [1.54, 1.807) is 0 Å². The van der Waals surface area contributed by atoms with Crippen LogP contribution in [0.15, 0.2) is 66.9 Å². The molecule has 0 saturated heterocycles. The van der Waals surface area contributed by atoms with E-state index in [-0.39, 0.29) is 17.5 Å². The highest BCUT2D eigenvalue weighted by Gasteiger charge is 2.32. The molecule has 2 aromatic carbocycles. The van der Waals surface area contributed by atoms with Crippen molar-refractivity contribution < 1.29 is 4.79 Å². The SMILES string of the molecule is Cc1ccccc1NC(=O)N1CCn2cccc2[C@H]1c1ccc(C(C)(C)C)cc1. The molecule has 3 aromatic rings. The van der Waals surface area contributed by atoms with Crippen LogP contribution in [0.3, 0.4) is 0 Å². The third-order valence-electron chi connectivity index (χ3n) is 5.78. The number of amides is 2. The number of para-hydroxylation sites is 1. The number of urea groups is 1. The molecule has 29 heavy (non-hydrogen) atoms. The number of nitrogens with one attached hydrogen (secondary N) is 1. The monoisotopic (exact) mass is 387 g/mol. The number of hydrogen-bond donors (Lipinski definition) is 1. The molecule has 1 aliphatic heterocycles. The molecule has 0 radical (unpaired) electrons. The maximum Gasteiger partial charge on any atom is 0.322 e. The first kappa shape index (κ1) is 19.3. The van der Waals surface area contributed by atoms with E-state index in [9.17, 15) is 4.79 Å². The Labute approximate surface area is 173 Å². The summed E-state index contributed by atoms with van der Waals surface area (Å²) in [5, 5.41) is 3.12. The summed E-state index contributed by atoms with van der Waals surface area (Å²) in [5.41, 5.74) is 5.61. The predicted molar refractivity (Wildman–Crippen MR) is 118 cm³/mol. The van der Waals surface area contributed by atoms with Gasteiger partial charge in [-0.2, -0.15) is 0 Å². The van der Waals surface area contributed by atoms with Crippen molar-refractivity contribution in [3.63, 3.8) is 0 Å². The lowest BCUT2D eigenvalue weighted by atomic mass is 9.86. The third-order valence-corrected chi connectivity index (χ3v) is 5.78. The summed E-state index contributed by atoms with van der Waals surface area (Å²) in [6, 6.07) is 20.6. The molecule has 4 heteroatoms. The summed E-state index contributed by atoms with van der Waals surface area (Å²) in [6.07, 6.45) is 2.10. The standard InChI is InChI=1S/C25H29N3O/c1-18-8-5-6-9-21(18)26-24(29)28-17-16-27-15-7-10-22(27)23(28)19-11-13-20(14-12-19)25(2,3)4/h5-15,23H,16-17H2,1-4H3,(H,26,29)/t23-/m1/s1. The fourth-order valence-corrected chi connectivity index (χ4v) is 4.02. The van der Waals surface area contributed by atoms with Gasteiger partial charge < -0.3 is 14.8 Å². The van der Waals surface area contributed by atoms with Gasteiger partial charge >= 0.3 is 6.03 Å². The third kappa shape index (κ3) is 3.80. The number of hydrogen-bond acceptors (Lipinski definition) is 1. The van der Waals surface area contributed by atoms with E-state index >= 15 is 0 Å². The second-order valence-corrected chi connectivity index (χ2v) is 8.84. The highest BCUT2D eigenvalue weighted by molar-refractivity contribution is 5.90. The van der Waals surface area contributed by atoms with Gasteiger partial charge in [0.15, 0.2) is 0 Å². The van der Waals surface area contributed by atoms with Crippen LogP contribution in [0.25, 0.3) is 0 Å². The van der Waals surface area contributed by atoms with Crippen LogP contribution in [0.2, 0.25) is 0 Å². The van der Waals surface area contributed by atoms with Crippen LogP contribution in [-0.2, 0) is 12.0 Å². The zero-order valence-corrected chi connectivity index (χ0v) is 17.6. The van der Waals surface area contributed by atoms with Crippen LogP contribution in [-0.4, -0.2) is 22.0 Å². The summed E-state index contributed by atoms with van der Waals surface area (Å²) < 4.78 is 2.25. The van der Waals surface area contributed by atoms with Crippen LogP contribution in [0.1, 0.15) is 49.2 Å². The molecular formula is C25H29N3O. The molecule has 1 N–H and O–H groups in total. The molecule has 2 amide bonds. The summed E-state index contributed by atoms with van der Waals surface area (Å²) in [5.74, 6) is 0. The van der Waals surface area contributed by atoms with Gasteiger partial charge in [-0.05, 0) is 47.2 Å². The smallest absolute Gasteiger partial charge is 0.322 e. The van der Waals surface area contributed by atoms with Crippen molar-refractivity contribution in [1.82, 2.24) is 9.47 Å². The Kier molecular flexibility index (Phi) is 4.95. The summed E-state index contributed by atoms with van der Waals surface area (Å²) in [4.78, 5) is 15.2. The summed E-state index contributed by atoms with van der Waals surface area (Å²) in [7, 11) is 0. The van der Waals surface area contributed by atoms with E-state index in [1.165, 1.54) is 5.56 Å². The predicted octanol–water partition coefficient (Wildman–Crippen LogP) is 5.73. The molecule has 0 bridgehead atoms. The lowest BCUT2D eigenvalue weighted by molar-refractivity contribution is 0.182. The summed E-state index contributed by atoms with van der Waals surface area (Å²) >= 11 is 0. The van der Waals surface area contributed by atoms with Crippen molar-refractivity contribution in [2.75, 3.05) is 11.9 Å². The van der Waals surface area contributed by atoms with Crippen LogP contribution >= 0.6 is 0 Å². The van der Waals surface area contributed by atoms with Gasteiger partial charge in [0.2, 0.25) is 0 Å². The van der Waals surface area contributed by atoms with Crippen molar-refractivity contribution in [2.24, 2.45) is 0 Å². The molecule has 1 aliphatic rings. The average molecular weight is 388 g/mol. The Balaban J connectivity index is 1.68. The lowest BCUT2D eigenvalue weighted by Crippen LogP contribution is -2.44. The molecule has 1 aromatic heterocycles. The number of rotatable bonds is 2. The van der Waals surface area contributed by atoms with Gasteiger partial charge in [-0.25, -0.2) is 4.79 Å². The van der Waals surface area contributed by atoms with E-state index in [1.807, 2.05) is 36.1 Å². The van der Waals surface area contributed by atoms with Gasteiger partial charge in [-0.1, -0.05) is 63.2 Å². The van der Waals surface area contributed by atoms with Gasteiger partial charge in [0.25, 0.3) is 0 Å². The number of carbonyl (C=O) groups excluding carboxylic acids is 1. The Morgan fingerprint density at radius 2 is 1.69 bits per heavy atom. The van der Waals surface area contributed by atoms with Crippen LogP contribution in [0.5, 0.6) is 0 Å². The number of fused-ring (bicyclic) bond motifs is 1. The highest BCUT2D eigenvalue weighted by Crippen LogP contribution is 2.34. The van der Waals surface area contributed by atoms with Crippen LogP contribution in [0, 0.1) is 6.92 Å². The molecule has 0 fully saturated rings. The van der Waals surface area contributed by atoms with Crippen molar-refractivity contribution in [2.45, 2.75) is 45.7 Å². The van der Waals surface area contributed by atoms with Crippen molar-refractivity contribution in [3.05, 3.63) is 89.2 Å². The van der Waals surface area contributed by atoms with Gasteiger partial charge in [-0.15, -0.1) is 0 Å². The first-order valence-electron chi connectivity index (χ1n) is 10.2. The minimum Gasteiger partial charge on any atom is -0.348 e. The quantitative estimate of drug-likeness (QED) is 0.599. The van der Waals surface area contributed by atoms with E-state index in [4.69, 9.17) is 0 Å². The van der Waals surface area contributed by atoms with Gasteiger partial charge in [-0.3, -0.25) is 0 Å². The number of nitrogens with zero attached hydrogens (tertiary/aromatic N) is 2. The molecule has 4 nitrogen and oxygen atoms in total. The normalized spacial score (nSPS) is 16.4. The van der Waals surface area contributed by atoms with Crippen LogP contribution < -0.4 is 5.32 Å². The zero-order valence-electron chi connectivity index (χ0n) is 17.6. The fraction of sp³-hybridized carbons (Fsp3) is 0.320. The second-order valence-electron chi connectivity index (χ2n) is 8.84. The molecule has 0 unspecified atom stereocenters. The molecule has 0 aliphatic carbocycles. The zero-order chi connectivity index (χ0) is 20.6. The molecule has 4 rings (SSSR count). The number of benzene rings is 2. The van der Waals surface area contributed by atoms with E-state index in [0.29, 0.717) is 6.54 Å². The Morgan fingerprint density at radius 1 is 0.966 bits per heavy atom. The molecule has 0 spiro atoms. The first-order chi connectivity index (χ1) is 13.8. The number of aromatic nitrogens is 1. The largest absolute Gasteiger partial charge is 0.348 e. The molecule has 1 atom stereocenters. The molecule has 2 heterocycles. The lowest BCUT2D eigenvalue weighted by Gasteiger charge is -2.37. The van der Waals surface area contributed by atoms with Crippen LogP contribution in [0.4, 0.5) is 10.5 Å². The Hall–Kier alpha value is -3.01. The number of aryl methyl sites for hydroxylation is 1. The van der Waals surface area contributed by atoms with E-state index in [0.717, 1.165) is 29.1 Å². The van der Waals surface area contributed by atoms with Gasteiger partial charge in [0.1, 0.15) is 0 Å². The van der Waals surface area contributed by atoms with E-state index in [2.05, 4.69) is 73.3 Å².